The molecule has 19 heavy (non-hydrogen) atoms. The molecule has 0 radical (unpaired) electrons. The minimum absolute atomic E-state index is 0.0552. The highest BCUT2D eigenvalue weighted by atomic mass is 16.6. The van der Waals surface area contributed by atoms with Crippen LogP contribution in [-0.2, 0) is 4.74 Å². The van der Waals surface area contributed by atoms with Gasteiger partial charge in [0.15, 0.2) is 0 Å². The highest BCUT2D eigenvalue weighted by Crippen LogP contribution is 2.25. The van der Waals surface area contributed by atoms with Crippen molar-refractivity contribution >= 4 is 17.3 Å². The third-order valence-corrected chi connectivity index (χ3v) is 3.03. The molecule has 1 aromatic rings. The van der Waals surface area contributed by atoms with Gasteiger partial charge in [0, 0.05) is 13.1 Å². The Morgan fingerprint density at radius 3 is 3.05 bits per heavy atom. The molecule has 1 aliphatic rings. The average molecular weight is 266 g/mol. The number of rotatable bonds is 4. The molecule has 0 amide bonds. The van der Waals surface area contributed by atoms with Crippen LogP contribution in [0.15, 0.2) is 12.1 Å². The number of nitrogens with zero attached hydrogens (tertiary/aromatic N) is 3. The number of nitrogens with one attached hydrogen (secondary N) is 1. The van der Waals surface area contributed by atoms with Gasteiger partial charge in [0.2, 0.25) is 0 Å². The first-order chi connectivity index (χ1) is 9.11. The van der Waals surface area contributed by atoms with E-state index in [9.17, 15) is 10.1 Å². The molecule has 2 rings (SSSR count). The van der Waals surface area contributed by atoms with Crippen molar-refractivity contribution in [1.82, 2.24) is 4.98 Å². The van der Waals surface area contributed by atoms with E-state index in [1.54, 1.807) is 0 Å². The molecule has 1 unspecified atom stereocenters. The summed E-state index contributed by atoms with van der Waals surface area (Å²) in [4.78, 5) is 17.1. The molecule has 104 valence electrons. The van der Waals surface area contributed by atoms with Crippen LogP contribution in [0.5, 0.6) is 0 Å². The van der Waals surface area contributed by atoms with Crippen LogP contribution in [-0.4, -0.2) is 42.3 Å². The van der Waals surface area contributed by atoms with Crippen LogP contribution in [0.2, 0.25) is 0 Å². The van der Waals surface area contributed by atoms with Gasteiger partial charge in [-0.25, -0.2) is 4.98 Å². The molecule has 2 heterocycles. The molecule has 7 nitrogen and oxygen atoms in total. The second-order valence-electron chi connectivity index (χ2n) is 4.47. The predicted molar refractivity (Wildman–Crippen MR) is 72.7 cm³/mol. The molecule has 0 aliphatic carbocycles. The predicted octanol–water partition coefficient (Wildman–Crippen LogP) is 1.65. The highest BCUT2D eigenvalue weighted by molar-refractivity contribution is 5.56. The monoisotopic (exact) mass is 266 g/mol. The number of nitro groups is 1. The van der Waals surface area contributed by atoms with Gasteiger partial charge in [0.25, 0.3) is 5.69 Å². The number of hydrogen-bond donors (Lipinski definition) is 1. The summed E-state index contributed by atoms with van der Waals surface area (Å²) in [6.07, 6.45) is 0. The standard InChI is InChI=1S/C12H18N4O3/c1-3-13-11-6-10(16(17)18)7-12(14-11)15-4-5-19-8-9(15)2/h6-7,9H,3-5,8H2,1-2H3,(H,13,14). The van der Waals surface area contributed by atoms with Crippen LogP contribution < -0.4 is 10.2 Å². The van der Waals surface area contributed by atoms with Gasteiger partial charge in [0.1, 0.15) is 11.6 Å². The van der Waals surface area contributed by atoms with Gasteiger partial charge >= 0.3 is 0 Å². The minimum Gasteiger partial charge on any atom is -0.377 e. The molecule has 1 aromatic heterocycles. The third-order valence-electron chi connectivity index (χ3n) is 3.03. The largest absolute Gasteiger partial charge is 0.377 e. The number of pyridine rings is 1. The lowest BCUT2D eigenvalue weighted by Crippen LogP contribution is -2.44. The Hall–Kier alpha value is -1.89. The lowest BCUT2D eigenvalue weighted by Gasteiger charge is -2.34. The molecule has 1 N–H and O–H groups in total. The van der Waals surface area contributed by atoms with E-state index < -0.39 is 4.92 Å². The minimum atomic E-state index is -0.392. The first-order valence-electron chi connectivity index (χ1n) is 6.36. The maximum Gasteiger partial charge on any atom is 0.276 e. The molecule has 0 aromatic carbocycles. The second-order valence-corrected chi connectivity index (χ2v) is 4.47. The smallest absolute Gasteiger partial charge is 0.276 e. The summed E-state index contributed by atoms with van der Waals surface area (Å²) < 4.78 is 5.37. The summed E-state index contributed by atoms with van der Waals surface area (Å²) in [7, 11) is 0. The molecular weight excluding hydrogens is 248 g/mol. The van der Waals surface area contributed by atoms with E-state index in [2.05, 4.69) is 10.3 Å². The topological polar surface area (TPSA) is 80.5 Å². The lowest BCUT2D eigenvalue weighted by molar-refractivity contribution is -0.384. The van der Waals surface area contributed by atoms with Gasteiger partial charge in [-0.3, -0.25) is 10.1 Å². The van der Waals surface area contributed by atoms with Crippen LogP contribution in [0.4, 0.5) is 17.3 Å². The molecule has 1 fully saturated rings. The summed E-state index contributed by atoms with van der Waals surface area (Å²) in [5, 5.41) is 14.0. The van der Waals surface area contributed by atoms with E-state index in [4.69, 9.17) is 4.74 Å². The molecule has 1 aliphatic heterocycles. The van der Waals surface area contributed by atoms with E-state index in [0.717, 1.165) is 0 Å². The summed E-state index contributed by atoms with van der Waals surface area (Å²) in [5.41, 5.74) is 0.0552. The zero-order valence-corrected chi connectivity index (χ0v) is 11.1. The van der Waals surface area contributed by atoms with Gasteiger partial charge < -0.3 is 15.0 Å². The van der Waals surface area contributed by atoms with E-state index in [1.807, 2.05) is 18.7 Å². The number of aromatic nitrogens is 1. The summed E-state index contributed by atoms with van der Waals surface area (Å²) in [5.74, 6) is 1.16. The molecular formula is C12H18N4O3. The Labute approximate surface area is 111 Å². The highest BCUT2D eigenvalue weighted by Gasteiger charge is 2.22. The van der Waals surface area contributed by atoms with Crippen molar-refractivity contribution in [3.8, 4) is 0 Å². The van der Waals surface area contributed by atoms with E-state index in [-0.39, 0.29) is 11.7 Å². The summed E-state index contributed by atoms with van der Waals surface area (Å²) in [6, 6.07) is 3.14. The van der Waals surface area contributed by atoms with Crippen LogP contribution in [0, 0.1) is 10.1 Å². The Morgan fingerprint density at radius 2 is 2.42 bits per heavy atom. The van der Waals surface area contributed by atoms with Crippen LogP contribution in [0.1, 0.15) is 13.8 Å². The molecule has 1 atom stereocenters. The van der Waals surface area contributed by atoms with Gasteiger partial charge in [0.05, 0.1) is 36.3 Å². The van der Waals surface area contributed by atoms with Crippen LogP contribution >= 0.6 is 0 Å². The second kappa shape index (κ2) is 5.83. The molecule has 0 spiro atoms. The summed E-state index contributed by atoms with van der Waals surface area (Å²) >= 11 is 0. The zero-order chi connectivity index (χ0) is 13.8. The molecule has 7 heteroatoms. The number of hydrogen-bond acceptors (Lipinski definition) is 6. The Kier molecular flexibility index (Phi) is 4.16. The quantitative estimate of drug-likeness (QED) is 0.659. The average Bonchev–Trinajstić information content (AvgIpc) is 2.39. The van der Waals surface area contributed by atoms with Crippen LogP contribution in [0.3, 0.4) is 0 Å². The van der Waals surface area contributed by atoms with Crippen molar-refractivity contribution in [3.63, 3.8) is 0 Å². The Bertz CT molecular complexity index is 466. The van der Waals surface area contributed by atoms with E-state index in [1.165, 1.54) is 12.1 Å². The van der Waals surface area contributed by atoms with Gasteiger partial charge in [-0.05, 0) is 13.8 Å². The maximum absolute atomic E-state index is 11.0. The van der Waals surface area contributed by atoms with Crippen molar-refractivity contribution in [2.24, 2.45) is 0 Å². The summed E-state index contributed by atoms with van der Waals surface area (Å²) in [6.45, 7) is 6.55. The number of anilines is 2. The lowest BCUT2D eigenvalue weighted by atomic mass is 10.2. The van der Waals surface area contributed by atoms with E-state index in [0.29, 0.717) is 37.9 Å². The SMILES string of the molecule is CCNc1cc([N+](=O)[O-])cc(N2CCOCC2C)n1. The zero-order valence-electron chi connectivity index (χ0n) is 11.1. The molecule has 1 saturated heterocycles. The third kappa shape index (κ3) is 3.11. The molecule has 0 bridgehead atoms. The Balaban J connectivity index is 2.34. The van der Waals surface area contributed by atoms with Crippen molar-refractivity contribution in [2.45, 2.75) is 19.9 Å². The first kappa shape index (κ1) is 13.5. The van der Waals surface area contributed by atoms with Gasteiger partial charge in [-0.1, -0.05) is 0 Å². The van der Waals surface area contributed by atoms with Crippen molar-refractivity contribution < 1.29 is 9.66 Å². The number of ether oxygens (including phenoxy) is 1. The van der Waals surface area contributed by atoms with E-state index >= 15 is 0 Å². The normalized spacial score (nSPS) is 19.3. The fraction of sp³-hybridized carbons (Fsp3) is 0.583. The van der Waals surface area contributed by atoms with Gasteiger partial charge in [-0.2, -0.15) is 0 Å². The Morgan fingerprint density at radius 1 is 1.63 bits per heavy atom. The van der Waals surface area contributed by atoms with Crippen molar-refractivity contribution in [3.05, 3.63) is 22.2 Å². The number of morpholine rings is 1. The molecule has 0 saturated carbocycles. The first-order valence-corrected chi connectivity index (χ1v) is 6.36. The van der Waals surface area contributed by atoms with Crippen molar-refractivity contribution in [2.75, 3.05) is 36.5 Å². The fourth-order valence-corrected chi connectivity index (χ4v) is 2.09. The van der Waals surface area contributed by atoms with Gasteiger partial charge in [-0.15, -0.1) is 0 Å². The fourth-order valence-electron chi connectivity index (χ4n) is 2.09. The maximum atomic E-state index is 11.0. The van der Waals surface area contributed by atoms with Crippen LogP contribution in [0.25, 0.3) is 0 Å². The van der Waals surface area contributed by atoms with Crippen molar-refractivity contribution in [1.29, 1.82) is 0 Å².